The number of nitrogen functional groups attached to an aromatic ring is 1. The van der Waals surface area contributed by atoms with Crippen LogP contribution in [0.15, 0.2) is 23.1 Å². The first-order valence-corrected chi connectivity index (χ1v) is 7.04. The van der Waals surface area contributed by atoms with Crippen LogP contribution < -0.4 is 11.3 Å². The lowest BCUT2D eigenvalue weighted by atomic mass is 9.76. The zero-order valence-electron chi connectivity index (χ0n) is 11.9. The average Bonchev–Trinajstić information content (AvgIpc) is 2.35. The molecule has 1 aromatic heterocycles. The Bertz CT molecular complexity index is 469. The van der Waals surface area contributed by atoms with Crippen molar-refractivity contribution in [3.8, 4) is 0 Å². The van der Waals surface area contributed by atoms with Crippen LogP contribution in [0.1, 0.15) is 39.5 Å². The first kappa shape index (κ1) is 14.1. The number of anilines is 1. The molecule has 1 saturated carbocycles. The molecule has 1 aliphatic rings. The van der Waals surface area contributed by atoms with Gasteiger partial charge in [-0.15, -0.1) is 0 Å². The first-order valence-electron chi connectivity index (χ1n) is 7.04. The third-order valence-corrected chi connectivity index (χ3v) is 3.98. The van der Waals surface area contributed by atoms with Crippen molar-refractivity contribution in [2.24, 2.45) is 5.41 Å². The van der Waals surface area contributed by atoms with Gasteiger partial charge in [0.05, 0.1) is 12.7 Å². The van der Waals surface area contributed by atoms with Crippen molar-refractivity contribution < 1.29 is 4.74 Å². The number of hydrogen-bond donors (Lipinski definition) is 1. The fourth-order valence-electron chi connectivity index (χ4n) is 2.58. The molecule has 106 valence electrons. The second kappa shape index (κ2) is 5.78. The fourth-order valence-corrected chi connectivity index (χ4v) is 2.58. The van der Waals surface area contributed by atoms with Crippen LogP contribution in [-0.2, 0) is 11.3 Å². The van der Waals surface area contributed by atoms with E-state index >= 15 is 0 Å². The number of ether oxygens (including phenoxy) is 1. The van der Waals surface area contributed by atoms with E-state index in [9.17, 15) is 4.79 Å². The molecule has 0 saturated heterocycles. The quantitative estimate of drug-likeness (QED) is 0.908. The summed E-state index contributed by atoms with van der Waals surface area (Å²) in [7, 11) is 0. The zero-order valence-corrected chi connectivity index (χ0v) is 11.9. The molecular formula is C15H24N2O2. The summed E-state index contributed by atoms with van der Waals surface area (Å²) in [4.78, 5) is 11.6. The van der Waals surface area contributed by atoms with Gasteiger partial charge in [-0.3, -0.25) is 4.79 Å². The molecule has 4 nitrogen and oxygen atoms in total. The highest BCUT2D eigenvalue weighted by Gasteiger charge is 2.26. The number of nitrogens with zero attached hydrogens (tertiary/aromatic N) is 1. The molecule has 2 rings (SSSR count). The molecule has 1 aliphatic carbocycles. The van der Waals surface area contributed by atoms with E-state index in [0.29, 0.717) is 30.4 Å². The lowest BCUT2D eigenvalue weighted by molar-refractivity contribution is 0.000728. The maximum Gasteiger partial charge on any atom is 0.250 e. The number of rotatable bonds is 4. The van der Waals surface area contributed by atoms with Crippen molar-refractivity contribution >= 4 is 5.69 Å². The summed E-state index contributed by atoms with van der Waals surface area (Å²) >= 11 is 0. The number of pyridine rings is 1. The minimum atomic E-state index is -0.0254. The summed E-state index contributed by atoms with van der Waals surface area (Å²) in [5.74, 6) is 0. The molecule has 0 atom stereocenters. The maximum atomic E-state index is 11.6. The standard InChI is InChI=1S/C15H24N2O2/c1-15(2)7-5-13(6-8-15)19-10-9-17-11-12(16)3-4-14(17)18/h3-4,11,13H,5-10,16H2,1-2H3. The molecule has 0 unspecified atom stereocenters. The smallest absolute Gasteiger partial charge is 0.250 e. The van der Waals surface area contributed by atoms with E-state index in [-0.39, 0.29) is 5.56 Å². The van der Waals surface area contributed by atoms with Gasteiger partial charge in [0.15, 0.2) is 0 Å². The highest BCUT2D eigenvalue weighted by molar-refractivity contribution is 5.33. The normalized spacial score (nSPS) is 19.5. The number of nitrogens with two attached hydrogens (primary N) is 1. The van der Waals surface area contributed by atoms with Crippen LogP contribution in [0.2, 0.25) is 0 Å². The average molecular weight is 264 g/mol. The van der Waals surface area contributed by atoms with Crippen LogP contribution in [-0.4, -0.2) is 17.3 Å². The third-order valence-electron chi connectivity index (χ3n) is 3.98. The van der Waals surface area contributed by atoms with Crippen molar-refractivity contribution in [2.45, 2.75) is 52.2 Å². The van der Waals surface area contributed by atoms with Gasteiger partial charge in [0, 0.05) is 24.5 Å². The molecule has 1 heterocycles. The summed E-state index contributed by atoms with van der Waals surface area (Å²) in [5.41, 5.74) is 6.72. The van der Waals surface area contributed by atoms with Gasteiger partial charge in [0.25, 0.3) is 5.56 Å². The highest BCUT2D eigenvalue weighted by Crippen LogP contribution is 2.36. The molecule has 2 N–H and O–H groups in total. The van der Waals surface area contributed by atoms with Crippen molar-refractivity contribution in [1.82, 2.24) is 4.57 Å². The van der Waals surface area contributed by atoms with Crippen LogP contribution in [0, 0.1) is 5.41 Å². The van der Waals surface area contributed by atoms with Crippen molar-refractivity contribution in [1.29, 1.82) is 0 Å². The molecule has 0 radical (unpaired) electrons. The lowest BCUT2D eigenvalue weighted by Crippen LogP contribution is -2.28. The fraction of sp³-hybridized carbons (Fsp3) is 0.667. The summed E-state index contributed by atoms with van der Waals surface area (Å²) in [6.07, 6.45) is 6.71. The summed E-state index contributed by atoms with van der Waals surface area (Å²) in [5, 5.41) is 0. The lowest BCUT2D eigenvalue weighted by Gasteiger charge is -2.34. The second-order valence-electron chi connectivity index (χ2n) is 6.23. The minimum absolute atomic E-state index is 0.0254. The Labute approximate surface area is 114 Å². The Morgan fingerprint density at radius 2 is 2.05 bits per heavy atom. The predicted molar refractivity (Wildman–Crippen MR) is 77.1 cm³/mol. The van der Waals surface area contributed by atoms with Crippen LogP contribution in [0.4, 0.5) is 5.69 Å². The molecule has 0 amide bonds. The maximum absolute atomic E-state index is 11.6. The van der Waals surface area contributed by atoms with Gasteiger partial charge in [-0.05, 0) is 37.2 Å². The minimum Gasteiger partial charge on any atom is -0.398 e. The van der Waals surface area contributed by atoms with Gasteiger partial charge < -0.3 is 15.0 Å². The van der Waals surface area contributed by atoms with E-state index in [4.69, 9.17) is 10.5 Å². The molecule has 1 fully saturated rings. The summed E-state index contributed by atoms with van der Waals surface area (Å²) < 4.78 is 7.49. The predicted octanol–water partition coefficient (Wildman–Crippen LogP) is 2.42. The van der Waals surface area contributed by atoms with Crippen LogP contribution in [0.3, 0.4) is 0 Å². The van der Waals surface area contributed by atoms with Crippen LogP contribution in [0.25, 0.3) is 0 Å². The Morgan fingerprint density at radius 3 is 2.74 bits per heavy atom. The molecule has 0 bridgehead atoms. The van der Waals surface area contributed by atoms with Crippen LogP contribution >= 0.6 is 0 Å². The molecule has 19 heavy (non-hydrogen) atoms. The van der Waals surface area contributed by atoms with Gasteiger partial charge in [0.2, 0.25) is 0 Å². The molecule has 0 aromatic carbocycles. The Kier molecular flexibility index (Phi) is 4.30. The molecular weight excluding hydrogens is 240 g/mol. The van der Waals surface area contributed by atoms with Crippen molar-refractivity contribution in [3.05, 3.63) is 28.7 Å². The first-order chi connectivity index (χ1) is 8.96. The molecule has 0 spiro atoms. The van der Waals surface area contributed by atoms with Gasteiger partial charge in [-0.25, -0.2) is 0 Å². The van der Waals surface area contributed by atoms with Crippen molar-refractivity contribution in [3.63, 3.8) is 0 Å². The van der Waals surface area contributed by atoms with Gasteiger partial charge in [-0.1, -0.05) is 13.8 Å². The SMILES string of the molecule is CC1(C)CCC(OCCn2cc(N)ccc2=O)CC1. The summed E-state index contributed by atoms with van der Waals surface area (Å²) in [6.45, 7) is 5.78. The van der Waals surface area contributed by atoms with E-state index < -0.39 is 0 Å². The Hall–Kier alpha value is -1.29. The molecule has 4 heteroatoms. The van der Waals surface area contributed by atoms with E-state index in [1.165, 1.54) is 18.9 Å². The highest BCUT2D eigenvalue weighted by atomic mass is 16.5. The second-order valence-corrected chi connectivity index (χ2v) is 6.23. The van der Waals surface area contributed by atoms with E-state index in [2.05, 4.69) is 13.8 Å². The van der Waals surface area contributed by atoms with Gasteiger partial charge >= 0.3 is 0 Å². The van der Waals surface area contributed by atoms with Crippen LogP contribution in [0.5, 0.6) is 0 Å². The topological polar surface area (TPSA) is 57.2 Å². The summed E-state index contributed by atoms with van der Waals surface area (Å²) in [6, 6.07) is 3.13. The number of aromatic nitrogens is 1. The van der Waals surface area contributed by atoms with Gasteiger partial charge in [0.1, 0.15) is 0 Å². The molecule has 0 aliphatic heterocycles. The van der Waals surface area contributed by atoms with Crippen molar-refractivity contribution in [2.75, 3.05) is 12.3 Å². The monoisotopic (exact) mass is 264 g/mol. The zero-order chi connectivity index (χ0) is 13.9. The van der Waals surface area contributed by atoms with E-state index in [0.717, 1.165) is 12.8 Å². The largest absolute Gasteiger partial charge is 0.398 e. The Morgan fingerprint density at radius 1 is 1.37 bits per heavy atom. The Balaban J connectivity index is 1.78. The van der Waals surface area contributed by atoms with E-state index in [1.807, 2.05) is 0 Å². The number of hydrogen-bond acceptors (Lipinski definition) is 3. The molecule has 1 aromatic rings. The van der Waals surface area contributed by atoms with E-state index in [1.54, 1.807) is 16.8 Å². The third kappa shape index (κ3) is 4.10. The van der Waals surface area contributed by atoms with Gasteiger partial charge in [-0.2, -0.15) is 0 Å².